The van der Waals surface area contributed by atoms with Gasteiger partial charge < -0.3 is 10.0 Å². The van der Waals surface area contributed by atoms with E-state index in [1.165, 1.54) is 0 Å². The third-order valence-corrected chi connectivity index (χ3v) is 5.20. The van der Waals surface area contributed by atoms with Crippen LogP contribution in [-0.2, 0) is 9.59 Å². The summed E-state index contributed by atoms with van der Waals surface area (Å²) < 4.78 is 37.9. The molecular formula is C16H24F3NO3. The molecule has 0 radical (unpaired) electrons. The predicted octanol–water partition coefficient (Wildman–Crippen LogP) is 3.46. The number of alkyl halides is 3. The zero-order valence-corrected chi connectivity index (χ0v) is 13.1. The Bertz CT molecular complexity index is 423. The molecule has 1 N–H and O–H groups in total. The van der Waals surface area contributed by atoms with Crippen molar-refractivity contribution in [2.75, 3.05) is 13.1 Å². The van der Waals surface area contributed by atoms with E-state index in [1.54, 1.807) is 4.90 Å². The second-order valence-corrected chi connectivity index (χ2v) is 6.89. The minimum Gasteiger partial charge on any atom is -0.481 e. The van der Waals surface area contributed by atoms with E-state index >= 15 is 0 Å². The molecule has 1 heterocycles. The number of piperidine rings is 1. The lowest BCUT2D eigenvalue weighted by molar-refractivity contribution is -0.184. The van der Waals surface area contributed by atoms with Crippen LogP contribution in [0.4, 0.5) is 13.2 Å². The van der Waals surface area contributed by atoms with Gasteiger partial charge in [-0.2, -0.15) is 13.2 Å². The highest BCUT2D eigenvalue weighted by molar-refractivity contribution is 5.76. The lowest BCUT2D eigenvalue weighted by atomic mass is 9.80. The van der Waals surface area contributed by atoms with Crippen LogP contribution in [0.2, 0.25) is 0 Å². The molecule has 4 nitrogen and oxygen atoms in total. The van der Waals surface area contributed by atoms with Gasteiger partial charge in [0, 0.05) is 25.9 Å². The standard InChI is InChI=1S/C16H24F3NO3/c17-16(18,19)13-3-1-11(2-4-13)9-14(21)20-7-5-12(6-8-20)10-15(22)23/h11-13H,1-10H2,(H,22,23). The number of rotatable bonds is 4. The van der Waals surface area contributed by atoms with Gasteiger partial charge in [0.25, 0.3) is 0 Å². The second kappa shape index (κ2) is 7.53. The summed E-state index contributed by atoms with van der Waals surface area (Å²) >= 11 is 0. The Morgan fingerprint density at radius 1 is 0.913 bits per heavy atom. The van der Waals surface area contributed by atoms with Crippen LogP contribution >= 0.6 is 0 Å². The molecule has 0 unspecified atom stereocenters. The first kappa shape index (κ1) is 18.1. The molecule has 2 rings (SSSR count). The molecule has 0 aromatic carbocycles. The second-order valence-electron chi connectivity index (χ2n) is 6.89. The third kappa shape index (κ3) is 5.39. The molecule has 132 valence electrons. The summed E-state index contributed by atoms with van der Waals surface area (Å²) in [6, 6.07) is 0. The maximum atomic E-state index is 12.6. The summed E-state index contributed by atoms with van der Waals surface area (Å²) in [4.78, 5) is 24.7. The lowest BCUT2D eigenvalue weighted by Crippen LogP contribution is -2.40. The van der Waals surface area contributed by atoms with Crippen LogP contribution in [0.1, 0.15) is 51.4 Å². The van der Waals surface area contributed by atoms with Crippen molar-refractivity contribution in [3.05, 3.63) is 0 Å². The number of carboxylic acids is 1. The van der Waals surface area contributed by atoms with Crippen LogP contribution in [0.5, 0.6) is 0 Å². The molecule has 1 aliphatic carbocycles. The minimum atomic E-state index is -4.11. The molecule has 0 bridgehead atoms. The Balaban J connectivity index is 1.71. The van der Waals surface area contributed by atoms with Gasteiger partial charge in [0.15, 0.2) is 0 Å². The van der Waals surface area contributed by atoms with Crippen LogP contribution in [0.25, 0.3) is 0 Å². The molecule has 1 saturated heterocycles. The van der Waals surface area contributed by atoms with Gasteiger partial charge in [0.1, 0.15) is 0 Å². The highest BCUT2D eigenvalue weighted by atomic mass is 19.4. The number of halogens is 3. The fourth-order valence-electron chi connectivity index (χ4n) is 3.70. The van der Waals surface area contributed by atoms with Gasteiger partial charge in [0.2, 0.25) is 5.91 Å². The minimum absolute atomic E-state index is 0.00855. The Kier molecular flexibility index (Phi) is 5.92. The van der Waals surface area contributed by atoms with Gasteiger partial charge in [0.05, 0.1) is 5.92 Å². The van der Waals surface area contributed by atoms with E-state index < -0.39 is 18.1 Å². The van der Waals surface area contributed by atoms with Crippen molar-refractivity contribution in [3.8, 4) is 0 Å². The number of hydrogen-bond acceptors (Lipinski definition) is 2. The molecule has 1 amide bonds. The largest absolute Gasteiger partial charge is 0.481 e. The number of carboxylic acid groups (broad SMARTS) is 1. The van der Waals surface area contributed by atoms with Crippen molar-refractivity contribution in [2.45, 2.75) is 57.5 Å². The summed E-state index contributed by atoms with van der Waals surface area (Å²) in [7, 11) is 0. The van der Waals surface area contributed by atoms with E-state index in [2.05, 4.69) is 0 Å². The molecule has 23 heavy (non-hydrogen) atoms. The third-order valence-electron chi connectivity index (χ3n) is 5.20. The first-order chi connectivity index (χ1) is 10.8. The van der Waals surface area contributed by atoms with Gasteiger partial charge in [-0.3, -0.25) is 9.59 Å². The molecule has 1 aliphatic heterocycles. The van der Waals surface area contributed by atoms with Crippen LogP contribution in [0, 0.1) is 17.8 Å². The van der Waals surface area contributed by atoms with E-state index in [1.807, 2.05) is 0 Å². The Hall–Kier alpha value is -1.27. The molecule has 2 aliphatic rings. The van der Waals surface area contributed by atoms with Gasteiger partial charge in [-0.15, -0.1) is 0 Å². The summed E-state index contributed by atoms with van der Waals surface area (Å²) in [6.45, 7) is 1.13. The van der Waals surface area contributed by atoms with Gasteiger partial charge in [-0.25, -0.2) is 0 Å². The maximum Gasteiger partial charge on any atom is 0.391 e. The lowest BCUT2D eigenvalue weighted by Gasteiger charge is -2.34. The Labute approximate surface area is 134 Å². The number of carbonyl (C=O) groups excluding carboxylic acids is 1. The van der Waals surface area contributed by atoms with Crippen molar-refractivity contribution >= 4 is 11.9 Å². The number of aliphatic carboxylic acids is 1. The highest BCUT2D eigenvalue weighted by Crippen LogP contribution is 2.40. The average Bonchev–Trinajstić information content (AvgIpc) is 2.47. The Morgan fingerprint density at radius 2 is 1.43 bits per heavy atom. The maximum absolute atomic E-state index is 12.6. The number of carbonyl (C=O) groups is 2. The molecule has 1 saturated carbocycles. The SMILES string of the molecule is O=C(O)CC1CCN(C(=O)CC2CCC(C(F)(F)F)CC2)CC1. The van der Waals surface area contributed by atoms with Crippen molar-refractivity contribution in [1.82, 2.24) is 4.90 Å². The fraction of sp³-hybridized carbons (Fsp3) is 0.875. The van der Waals surface area contributed by atoms with E-state index in [-0.39, 0.29) is 37.0 Å². The quantitative estimate of drug-likeness (QED) is 0.856. The zero-order valence-electron chi connectivity index (χ0n) is 13.1. The molecule has 0 atom stereocenters. The predicted molar refractivity (Wildman–Crippen MR) is 77.7 cm³/mol. The monoisotopic (exact) mass is 335 g/mol. The molecule has 0 aromatic heterocycles. The topological polar surface area (TPSA) is 57.6 Å². The van der Waals surface area contributed by atoms with Gasteiger partial charge >= 0.3 is 12.1 Å². The van der Waals surface area contributed by atoms with E-state index in [0.717, 1.165) is 0 Å². The van der Waals surface area contributed by atoms with Crippen molar-refractivity contribution < 1.29 is 27.9 Å². The van der Waals surface area contributed by atoms with Crippen molar-refractivity contribution in [3.63, 3.8) is 0 Å². The number of amides is 1. The fourth-order valence-corrected chi connectivity index (χ4v) is 3.70. The van der Waals surface area contributed by atoms with Crippen LogP contribution in [0.3, 0.4) is 0 Å². The first-order valence-corrected chi connectivity index (χ1v) is 8.32. The molecule has 7 heteroatoms. The van der Waals surface area contributed by atoms with Crippen molar-refractivity contribution in [2.24, 2.45) is 17.8 Å². The van der Waals surface area contributed by atoms with E-state index in [0.29, 0.717) is 45.2 Å². The van der Waals surface area contributed by atoms with Crippen LogP contribution in [-0.4, -0.2) is 41.1 Å². The number of hydrogen-bond donors (Lipinski definition) is 1. The molecule has 0 spiro atoms. The number of nitrogens with zero attached hydrogens (tertiary/aromatic N) is 1. The van der Waals surface area contributed by atoms with E-state index in [9.17, 15) is 22.8 Å². The molecular weight excluding hydrogens is 311 g/mol. The Morgan fingerprint density at radius 3 is 1.91 bits per heavy atom. The number of likely N-dealkylation sites (tertiary alicyclic amines) is 1. The van der Waals surface area contributed by atoms with Crippen LogP contribution < -0.4 is 0 Å². The zero-order chi connectivity index (χ0) is 17.0. The molecule has 2 fully saturated rings. The van der Waals surface area contributed by atoms with Crippen LogP contribution in [0.15, 0.2) is 0 Å². The van der Waals surface area contributed by atoms with E-state index in [4.69, 9.17) is 5.11 Å². The summed E-state index contributed by atoms with van der Waals surface area (Å²) in [5, 5.41) is 8.78. The first-order valence-electron chi connectivity index (χ1n) is 8.32. The summed E-state index contributed by atoms with van der Waals surface area (Å²) in [5.74, 6) is -1.83. The average molecular weight is 335 g/mol. The summed E-state index contributed by atoms with van der Waals surface area (Å²) in [5.41, 5.74) is 0. The molecule has 0 aromatic rings. The summed E-state index contributed by atoms with van der Waals surface area (Å²) in [6.07, 6.45) is -1.07. The van der Waals surface area contributed by atoms with Gasteiger partial charge in [-0.05, 0) is 50.4 Å². The highest BCUT2D eigenvalue weighted by Gasteiger charge is 2.41. The van der Waals surface area contributed by atoms with Gasteiger partial charge in [-0.1, -0.05) is 0 Å². The van der Waals surface area contributed by atoms with Crippen molar-refractivity contribution in [1.29, 1.82) is 0 Å². The normalized spacial score (nSPS) is 27.0. The smallest absolute Gasteiger partial charge is 0.391 e.